The van der Waals surface area contributed by atoms with Crippen molar-refractivity contribution < 1.29 is 4.57 Å². The van der Waals surface area contributed by atoms with Gasteiger partial charge in [0.25, 0.3) is 0 Å². The lowest BCUT2D eigenvalue weighted by atomic mass is 10.1. The average molecular weight is 288 g/mol. The highest BCUT2D eigenvalue weighted by atomic mass is 31.2. The first-order valence-corrected chi connectivity index (χ1v) is 9.96. The third-order valence-corrected chi connectivity index (χ3v) is 8.79. The molecule has 108 valence electrons. The fraction of sp³-hybridized carbons (Fsp3) is 0.556. The Balaban J connectivity index is 1.99. The van der Waals surface area contributed by atoms with Crippen LogP contribution in [0.5, 0.6) is 0 Å². The summed E-state index contributed by atoms with van der Waals surface area (Å²) < 4.78 is 14.1. The number of allylic oxidation sites excluding steroid dienone is 8. The molecule has 0 heterocycles. The molecule has 0 aromatic heterocycles. The number of rotatable bonds is 3. The van der Waals surface area contributed by atoms with E-state index in [0.717, 1.165) is 43.8 Å². The summed E-state index contributed by atoms with van der Waals surface area (Å²) in [6, 6.07) is 0. The van der Waals surface area contributed by atoms with Crippen LogP contribution in [0.25, 0.3) is 0 Å². The topological polar surface area (TPSA) is 17.1 Å². The molecular formula is C18H25OP. The maximum atomic E-state index is 14.1. The molecule has 0 aromatic carbocycles. The van der Waals surface area contributed by atoms with E-state index in [0.29, 0.717) is 0 Å². The Morgan fingerprint density at radius 3 is 1.95 bits per heavy atom. The van der Waals surface area contributed by atoms with Crippen LogP contribution in [0.4, 0.5) is 0 Å². The summed E-state index contributed by atoms with van der Waals surface area (Å²) in [6.45, 7) is 0. The fourth-order valence-corrected chi connectivity index (χ4v) is 7.61. The van der Waals surface area contributed by atoms with Crippen molar-refractivity contribution >= 4 is 7.14 Å². The van der Waals surface area contributed by atoms with E-state index < -0.39 is 7.14 Å². The Kier molecular flexibility index (Phi) is 4.46. The zero-order valence-electron chi connectivity index (χ0n) is 12.2. The van der Waals surface area contributed by atoms with Gasteiger partial charge < -0.3 is 4.57 Å². The molecule has 0 aliphatic heterocycles. The predicted octanol–water partition coefficient (Wildman–Crippen LogP) is 5.80. The molecule has 0 fully saturated rings. The van der Waals surface area contributed by atoms with Gasteiger partial charge in [0.05, 0.1) is 0 Å². The Morgan fingerprint density at radius 1 is 0.850 bits per heavy atom. The summed E-state index contributed by atoms with van der Waals surface area (Å²) in [5.74, 6) is 0. The van der Waals surface area contributed by atoms with Crippen LogP contribution in [-0.4, -0.2) is 11.3 Å². The second kappa shape index (κ2) is 6.31. The molecular weight excluding hydrogens is 263 g/mol. The molecule has 0 aromatic rings. The Hall–Kier alpha value is -0.810. The zero-order valence-corrected chi connectivity index (χ0v) is 13.1. The lowest BCUT2D eigenvalue weighted by Gasteiger charge is -2.35. The second-order valence-corrected chi connectivity index (χ2v) is 9.43. The summed E-state index contributed by atoms with van der Waals surface area (Å²) in [5.41, 5.74) is 0.552. The SMILES string of the molecule is O=P(C1=CCCC=C1)(C1C=CCCC1)C1C=CCCC1. The predicted molar refractivity (Wildman–Crippen MR) is 87.6 cm³/mol. The quantitative estimate of drug-likeness (QED) is 0.473. The van der Waals surface area contributed by atoms with E-state index in [2.05, 4.69) is 42.5 Å². The first-order valence-electron chi connectivity index (χ1n) is 8.12. The summed E-state index contributed by atoms with van der Waals surface area (Å²) in [4.78, 5) is 0. The van der Waals surface area contributed by atoms with Gasteiger partial charge in [0.2, 0.25) is 0 Å². The normalized spacial score (nSPS) is 32.7. The minimum atomic E-state index is -2.34. The monoisotopic (exact) mass is 288 g/mol. The van der Waals surface area contributed by atoms with E-state index in [4.69, 9.17) is 0 Å². The molecule has 0 bridgehead atoms. The molecule has 0 saturated carbocycles. The molecule has 0 saturated heterocycles. The molecule has 0 N–H and O–H groups in total. The summed E-state index contributed by atoms with van der Waals surface area (Å²) in [5, 5.41) is 1.16. The van der Waals surface area contributed by atoms with Crippen LogP contribution in [0.2, 0.25) is 0 Å². The molecule has 2 atom stereocenters. The van der Waals surface area contributed by atoms with Crippen molar-refractivity contribution in [3.63, 3.8) is 0 Å². The van der Waals surface area contributed by atoms with Gasteiger partial charge in [-0.25, -0.2) is 0 Å². The Labute approximate surface area is 122 Å². The molecule has 3 aliphatic carbocycles. The highest BCUT2D eigenvalue weighted by molar-refractivity contribution is 7.70. The first kappa shape index (κ1) is 14.1. The summed E-state index contributed by atoms with van der Waals surface area (Å²) in [6.07, 6.45) is 24.7. The lowest BCUT2D eigenvalue weighted by molar-refractivity contribution is 0.553. The van der Waals surface area contributed by atoms with Crippen molar-refractivity contribution in [1.29, 1.82) is 0 Å². The molecule has 20 heavy (non-hydrogen) atoms. The van der Waals surface area contributed by atoms with Crippen molar-refractivity contribution in [1.82, 2.24) is 0 Å². The van der Waals surface area contributed by atoms with Gasteiger partial charge >= 0.3 is 0 Å². The lowest BCUT2D eigenvalue weighted by Crippen LogP contribution is -2.20. The second-order valence-electron chi connectivity index (χ2n) is 6.17. The van der Waals surface area contributed by atoms with Crippen molar-refractivity contribution in [2.75, 3.05) is 0 Å². The van der Waals surface area contributed by atoms with Crippen LogP contribution >= 0.6 is 7.14 Å². The van der Waals surface area contributed by atoms with E-state index in [1.807, 2.05) is 0 Å². The van der Waals surface area contributed by atoms with E-state index >= 15 is 0 Å². The molecule has 3 aliphatic rings. The van der Waals surface area contributed by atoms with Gasteiger partial charge in [-0.05, 0) is 51.4 Å². The van der Waals surface area contributed by atoms with Crippen molar-refractivity contribution in [3.05, 3.63) is 47.8 Å². The summed E-state index contributed by atoms with van der Waals surface area (Å²) in [7, 11) is -2.34. The Bertz CT molecular complexity index is 482. The molecule has 0 spiro atoms. The fourth-order valence-electron chi connectivity index (χ4n) is 3.72. The van der Waals surface area contributed by atoms with Crippen LogP contribution in [0.15, 0.2) is 47.8 Å². The number of hydrogen-bond donors (Lipinski definition) is 0. The van der Waals surface area contributed by atoms with Gasteiger partial charge in [0, 0.05) is 16.6 Å². The largest absolute Gasteiger partial charge is 0.317 e. The molecule has 2 heteroatoms. The van der Waals surface area contributed by atoms with Crippen LogP contribution < -0.4 is 0 Å². The van der Waals surface area contributed by atoms with Gasteiger partial charge in [-0.1, -0.05) is 42.5 Å². The highest BCUT2D eigenvalue weighted by Crippen LogP contribution is 2.67. The van der Waals surface area contributed by atoms with E-state index in [1.165, 1.54) is 12.8 Å². The standard InChI is InChI=1S/C18H25OP/c19-20(16-10-4-1-5-11-16,17-12-6-2-7-13-17)18-14-8-3-9-15-18/h4,6,8,10-12,14,17-18H,1-3,5,7,9,13,15H2. The van der Waals surface area contributed by atoms with E-state index in [1.54, 1.807) is 0 Å². The molecule has 1 nitrogen and oxygen atoms in total. The van der Waals surface area contributed by atoms with Crippen LogP contribution in [0, 0.1) is 0 Å². The highest BCUT2D eigenvalue weighted by Gasteiger charge is 2.40. The Morgan fingerprint density at radius 2 is 1.50 bits per heavy atom. The van der Waals surface area contributed by atoms with Gasteiger partial charge in [0.1, 0.15) is 7.14 Å². The first-order chi connectivity index (χ1) is 9.82. The van der Waals surface area contributed by atoms with Crippen molar-refractivity contribution in [2.45, 2.75) is 62.7 Å². The smallest absolute Gasteiger partial charge is 0.128 e. The van der Waals surface area contributed by atoms with E-state index in [9.17, 15) is 4.57 Å². The average Bonchev–Trinajstić information content (AvgIpc) is 2.56. The maximum absolute atomic E-state index is 14.1. The van der Waals surface area contributed by atoms with Crippen LogP contribution in [0.1, 0.15) is 51.4 Å². The number of hydrogen-bond acceptors (Lipinski definition) is 1. The molecule has 0 amide bonds. The van der Waals surface area contributed by atoms with Gasteiger partial charge in [-0.15, -0.1) is 0 Å². The minimum absolute atomic E-state index is 0.276. The minimum Gasteiger partial charge on any atom is -0.317 e. The zero-order chi connectivity index (χ0) is 13.8. The maximum Gasteiger partial charge on any atom is 0.128 e. The van der Waals surface area contributed by atoms with Gasteiger partial charge in [0.15, 0.2) is 0 Å². The molecule has 2 unspecified atom stereocenters. The molecule has 3 rings (SSSR count). The van der Waals surface area contributed by atoms with Crippen molar-refractivity contribution in [3.8, 4) is 0 Å². The third kappa shape index (κ3) is 2.66. The van der Waals surface area contributed by atoms with Crippen molar-refractivity contribution in [2.24, 2.45) is 0 Å². The van der Waals surface area contributed by atoms with Gasteiger partial charge in [-0.2, -0.15) is 0 Å². The van der Waals surface area contributed by atoms with Crippen LogP contribution in [-0.2, 0) is 4.57 Å². The summed E-state index contributed by atoms with van der Waals surface area (Å²) >= 11 is 0. The third-order valence-electron chi connectivity index (χ3n) is 4.82. The van der Waals surface area contributed by atoms with E-state index in [-0.39, 0.29) is 11.3 Å². The van der Waals surface area contributed by atoms with Gasteiger partial charge in [-0.3, -0.25) is 0 Å². The van der Waals surface area contributed by atoms with Crippen LogP contribution in [0.3, 0.4) is 0 Å². The molecule has 0 radical (unpaired) electrons.